The molecule has 7 heteroatoms. The van der Waals surface area contributed by atoms with Crippen LogP contribution in [0.15, 0.2) is 35.6 Å². The van der Waals surface area contributed by atoms with Crippen LogP contribution in [0.4, 0.5) is 0 Å². The standard InChI is InChI=1S/C14H17N5O2/c1-18(2)8-9-19-7-6-11-12(4-3-5-13(11)19)14(20)21-10-16-17-15/h3-7H,8-10H2,1-2H3. The van der Waals surface area contributed by atoms with Gasteiger partial charge < -0.3 is 14.2 Å². The largest absolute Gasteiger partial charge is 0.456 e. The van der Waals surface area contributed by atoms with E-state index in [0.717, 1.165) is 24.0 Å². The predicted octanol–water partition coefficient (Wildman–Crippen LogP) is 2.63. The molecule has 0 aliphatic rings. The molecule has 0 bridgehead atoms. The minimum absolute atomic E-state index is 0.299. The minimum Gasteiger partial charge on any atom is -0.456 e. The van der Waals surface area contributed by atoms with Crippen LogP contribution in [0.5, 0.6) is 0 Å². The number of nitrogens with zero attached hydrogens (tertiary/aromatic N) is 5. The molecule has 0 saturated carbocycles. The molecule has 7 nitrogen and oxygen atoms in total. The second kappa shape index (κ2) is 6.78. The molecule has 0 unspecified atom stereocenters. The molecule has 0 N–H and O–H groups in total. The van der Waals surface area contributed by atoms with Crippen LogP contribution in [0, 0.1) is 0 Å². The van der Waals surface area contributed by atoms with Gasteiger partial charge in [0.2, 0.25) is 0 Å². The van der Waals surface area contributed by atoms with Gasteiger partial charge in [-0.2, -0.15) is 0 Å². The maximum Gasteiger partial charge on any atom is 0.338 e. The molecule has 1 heterocycles. The van der Waals surface area contributed by atoms with E-state index >= 15 is 0 Å². The molecule has 0 fully saturated rings. The summed E-state index contributed by atoms with van der Waals surface area (Å²) in [6.45, 7) is 1.45. The molecule has 0 amide bonds. The molecule has 0 saturated heterocycles. The first-order valence-corrected chi connectivity index (χ1v) is 6.54. The van der Waals surface area contributed by atoms with Crippen LogP contribution in [-0.4, -0.2) is 42.8 Å². The lowest BCUT2D eigenvalue weighted by Gasteiger charge is -2.11. The fourth-order valence-electron chi connectivity index (χ4n) is 2.10. The number of hydrogen-bond donors (Lipinski definition) is 0. The maximum atomic E-state index is 12.0. The average Bonchev–Trinajstić information content (AvgIpc) is 2.88. The zero-order valence-electron chi connectivity index (χ0n) is 12.1. The molecule has 0 atom stereocenters. The van der Waals surface area contributed by atoms with Gasteiger partial charge in [0.15, 0.2) is 6.73 Å². The smallest absolute Gasteiger partial charge is 0.338 e. The summed E-state index contributed by atoms with van der Waals surface area (Å²) in [6, 6.07) is 7.39. The van der Waals surface area contributed by atoms with Crippen molar-refractivity contribution in [2.75, 3.05) is 27.4 Å². The molecular weight excluding hydrogens is 270 g/mol. The van der Waals surface area contributed by atoms with E-state index in [9.17, 15) is 4.79 Å². The van der Waals surface area contributed by atoms with Crippen LogP contribution in [-0.2, 0) is 11.3 Å². The third-order valence-electron chi connectivity index (χ3n) is 3.14. The van der Waals surface area contributed by atoms with Crippen LogP contribution in [0.1, 0.15) is 10.4 Å². The van der Waals surface area contributed by atoms with Crippen LogP contribution in [0.25, 0.3) is 21.3 Å². The molecule has 2 rings (SSSR count). The lowest BCUT2D eigenvalue weighted by molar-refractivity contribution is 0.0518. The Labute approximate surface area is 122 Å². The van der Waals surface area contributed by atoms with Gasteiger partial charge in [0.25, 0.3) is 0 Å². The number of carbonyl (C=O) groups excluding carboxylic acids is 1. The topological polar surface area (TPSA) is 83.2 Å². The molecule has 0 aliphatic heterocycles. The molecule has 1 aromatic heterocycles. The Hall–Kier alpha value is -2.50. The van der Waals surface area contributed by atoms with Gasteiger partial charge in [-0.25, -0.2) is 4.79 Å². The Bertz CT molecular complexity index is 686. The van der Waals surface area contributed by atoms with Gasteiger partial charge >= 0.3 is 5.97 Å². The lowest BCUT2D eigenvalue weighted by Crippen LogP contribution is -2.17. The fraction of sp³-hybridized carbons (Fsp3) is 0.357. The zero-order valence-corrected chi connectivity index (χ0v) is 12.1. The number of likely N-dealkylation sites (N-methyl/N-ethyl adjacent to an activating group) is 1. The van der Waals surface area contributed by atoms with Crippen molar-refractivity contribution in [2.45, 2.75) is 6.54 Å². The number of benzene rings is 1. The summed E-state index contributed by atoms with van der Waals surface area (Å²) in [5.41, 5.74) is 9.65. The van der Waals surface area contributed by atoms with Crippen molar-refractivity contribution in [3.63, 3.8) is 0 Å². The van der Waals surface area contributed by atoms with E-state index in [4.69, 9.17) is 10.3 Å². The highest BCUT2D eigenvalue weighted by atomic mass is 16.5. The van der Waals surface area contributed by atoms with Gasteiger partial charge in [-0.3, -0.25) is 0 Å². The van der Waals surface area contributed by atoms with E-state index < -0.39 is 5.97 Å². The quantitative estimate of drug-likeness (QED) is 0.354. The van der Waals surface area contributed by atoms with Gasteiger partial charge in [-0.15, -0.1) is 0 Å². The highest BCUT2D eigenvalue weighted by Crippen LogP contribution is 2.21. The monoisotopic (exact) mass is 287 g/mol. The first-order chi connectivity index (χ1) is 10.1. The highest BCUT2D eigenvalue weighted by Gasteiger charge is 2.13. The fourth-order valence-corrected chi connectivity index (χ4v) is 2.10. The van der Waals surface area contributed by atoms with Crippen molar-refractivity contribution in [1.29, 1.82) is 0 Å². The summed E-state index contributed by atoms with van der Waals surface area (Å²) in [4.78, 5) is 16.6. The van der Waals surface area contributed by atoms with Crippen LogP contribution in [0.2, 0.25) is 0 Å². The van der Waals surface area contributed by atoms with E-state index in [-0.39, 0.29) is 6.73 Å². The van der Waals surface area contributed by atoms with Crippen molar-refractivity contribution < 1.29 is 9.53 Å². The molecular formula is C14H17N5O2. The number of fused-ring (bicyclic) bond motifs is 1. The molecule has 2 aromatic rings. The Morgan fingerprint density at radius 3 is 2.95 bits per heavy atom. The number of ether oxygens (including phenoxy) is 1. The third-order valence-corrected chi connectivity index (χ3v) is 3.14. The van der Waals surface area contributed by atoms with Gasteiger partial charge in [0.05, 0.1) is 5.56 Å². The number of hydrogen-bond acceptors (Lipinski definition) is 4. The molecule has 21 heavy (non-hydrogen) atoms. The number of aromatic nitrogens is 1. The minimum atomic E-state index is -0.488. The molecule has 0 spiro atoms. The molecule has 0 radical (unpaired) electrons. The van der Waals surface area contributed by atoms with E-state index in [2.05, 4.69) is 19.5 Å². The highest BCUT2D eigenvalue weighted by molar-refractivity contribution is 6.03. The number of azide groups is 1. The summed E-state index contributed by atoms with van der Waals surface area (Å²) >= 11 is 0. The first-order valence-electron chi connectivity index (χ1n) is 6.54. The lowest BCUT2D eigenvalue weighted by atomic mass is 10.1. The summed E-state index contributed by atoms with van der Waals surface area (Å²) in [5, 5.41) is 4.03. The van der Waals surface area contributed by atoms with Gasteiger partial charge in [0, 0.05) is 35.1 Å². The van der Waals surface area contributed by atoms with Crippen molar-refractivity contribution >= 4 is 16.9 Å². The number of esters is 1. The maximum absolute atomic E-state index is 12.0. The van der Waals surface area contributed by atoms with E-state index in [1.807, 2.05) is 38.5 Å². The van der Waals surface area contributed by atoms with Crippen LogP contribution >= 0.6 is 0 Å². The van der Waals surface area contributed by atoms with E-state index in [1.54, 1.807) is 6.07 Å². The number of rotatable bonds is 6. The van der Waals surface area contributed by atoms with Gasteiger partial charge in [0.1, 0.15) is 0 Å². The molecule has 110 valence electrons. The zero-order chi connectivity index (χ0) is 15.2. The Morgan fingerprint density at radius 1 is 1.43 bits per heavy atom. The Balaban J connectivity index is 2.25. The number of carbonyl (C=O) groups is 1. The van der Waals surface area contributed by atoms with Crippen LogP contribution in [0.3, 0.4) is 0 Å². The van der Waals surface area contributed by atoms with Gasteiger partial charge in [-0.1, -0.05) is 11.2 Å². The third kappa shape index (κ3) is 3.53. The van der Waals surface area contributed by atoms with Crippen molar-refractivity contribution in [3.8, 4) is 0 Å². The van der Waals surface area contributed by atoms with Gasteiger partial charge in [-0.05, 0) is 37.8 Å². The normalized spacial score (nSPS) is 10.6. The van der Waals surface area contributed by atoms with E-state index in [1.165, 1.54) is 0 Å². The van der Waals surface area contributed by atoms with Crippen molar-refractivity contribution in [1.82, 2.24) is 9.47 Å². The molecule has 0 aliphatic carbocycles. The van der Waals surface area contributed by atoms with Crippen molar-refractivity contribution in [2.24, 2.45) is 5.11 Å². The Kier molecular flexibility index (Phi) is 4.81. The summed E-state index contributed by atoms with van der Waals surface area (Å²) in [7, 11) is 4.04. The Morgan fingerprint density at radius 2 is 2.24 bits per heavy atom. The molecule has 1 aromatic carbocycles. The van der Waals surface area contributed by atoms with Crippen molar-refractivity contribution in [3.05, 3.63) is 46.5 Å². The SMILES string of the molecule is CN(C)CCn1ccc2c(C(=O)OCN=[N+]=[N-])cccc21. The summed E-state index contributed by atoms with van der Waals surface area (Å²) in [6.07, 6.45) is 1.96. The van der Waals surface area contributed by atoms with Crippen LogP contribution < -0.4 is 0 Å². The predicted molar refractivity (Wildman–Crippen MR) is 79.9 cm³/mol. The second-order valence-corrected chi connectivity index (χ2v) is 4.84. The summed E-state index contributed by atoms with van der Waals surface area (Å²) < 4.78 is 7.00. The average molecular weight is 287 g/mol. The second-order valence-electron chi connectivity index (χ2n) is 4.84. The first kappa shape index (κ1) is 14.9. The van der Waals surface area contributed by atoms with E-state index in [0.29, 0.717) is 5.56 Å². The summed E-state index contributed by atoms with van der Waals surface area (Å²) in [5.74, 6) is -0.488.